The van der Waals surface area contributed by atoms with Crippen molar-refractivity contribution < 1.29 is 19.7 Å². The lowest BCUT2D eigenvalue weighted by molar-refractivity contribution is -0.118. The minimum absolute atomic E-state index is 0.0491. The van der Waals surface area contributed by atoms with Gasteiger partial charge in [0.2, 0.25) is 5.75 Å². The summed E-state index contributed by atoms with van der Waals surface area (Å²) in [6.07, 6.45) is 1.39. The fourth-order valence-electron chi connectivity index (χ4n) is 1.70. The molecule has 0 aliphatic carbocycles. The standard InChI is InChI=1S/C15H22O4/c1-4-5-12(16)8-11-6-7-13(15(18)14(11)17)19-9-10(2)3/h6-7,10,17-18H,4-5,8-9H2,1-3H3. The first kappa shape index (κ1) is 15.3. The summed E-state index contributed by atoms with van der Waals surface area (Å²) in [5, 5.41) is 19.7. The predicted molar refractivity (Wildman–Crippen MR) is 73.7 cm³/mol. The van der Waals surface area contributed by atoms with Gasteiger partial charge in [0.05, 0.1) is 6.61 Å². The van der Waals surface area contributed by atoms with Crippen LogP contribution in [0.5, 0.6) is 17.2 Å². The number of rotatable bonds is 7. The van der Waals surface area contributed by atoms with Crippen LogP contribution < -0.4 is 4.74 Å². The Morgan fingerprint density at radius 1 is 1.26 bits per heavy atom. The van der Waals surface area contributed by atoms with Gasteiger partial charge in [0.15, 0.2) is 11.5 Å². The molecule has 4 heteroatoms. The van der Waals surface area contributed by atoms with Crippen LogP contribution in [0.1, 0.15) is 39.2 Å². The highest BCUT2D eigenvalue weighted by Gasteiger charge is 2.15. The van der Waals surface area contributed by atoms with Crippen LogP contribution in [-0.2, 0) is 11.2 Å². The normalized spacial score (nSPS) is 10.7. The number of Topliss-reactive ketones (excluding diaryl/α,β-unsaturated/α-hetero) is 1. The molecule has 0 atom stereocenters. The van der Waals surface area contributed by atoms with Crippen molar-refractivity contribution in [1.29, 1.82) is 0 Å². The van der Waals surface area contributed by atoms with Crippen molar-refractivity contribution >= 4 is 5.78 Å². The quantitative estimate of drug-likeness (QED) is 0.744. The first-order chi connectivity index (χ1) is 8.95. The van der Waals surface area contributed by atoms with Crippen molar-refractivity contribution in [1.82, 2.24) is 0 Å². The van der Waals surface area contributed by atoms with Crippen molar-refractivity contribution in [3.63, 3.8) is 0 Å². The second-order valence-electron chi connectivity index (χ2n) is 5.09. The maximum absolute atomic E-state index is 11.6. The zero-order valence-corrected chi connectivity index (χ0v) is 11.8. The summed E-state index contributed by atoms with van der Waals surface area (Å²) < 4.78 is 5.39. The van der Waals surface area contributed by atoms with Crippen LogP contribution in [0, 0.1) is 5.92 Å². The van der Waals surface area contributed by atoms with E-state index in [0.29, 0.717) is 24.5 Å². The highest BCUT2D eigenvalue weighted by Crippen LogP contribution is 2.38. The Labute approximate surface area is 114 Å². The molecule has 0 saturated heterocycles. The van der Waals surface area contributed by atoms with Crippen LogP contribution in [-0.4, -0.2) is 22.6 Å². The van der Waals surface area contributed by atoms with E-state index in [4.69, 9.17) is 4.74 Å². The fraction of sp³-hybridized carbons (Fsp3) is 0.533. The molecule has 0 aromatic heterocycles. The molecule has 0 saturated carbocycles. The maximum Gasteiger partial charge on any atom is 0.200 e. The van der Waals surface area contributed by atoms with Gasteiger partial charge in [-0.1, -0.05) is 26.8 Å². The molecule has 0 heterocycles. The number of hydrogen-bond acceptors (Lipinski definition) is 4. The van der Waals surface area contributed by atoms with E-state index in [9.17, 15) is 15.0 Å². The van der Waals surface area contributed by atoms with Crippen LogP contribution in [0.15, 0.2) is 12.1 Å². The molecule has 0 amide bonds. The molecule has 0 bridgehead atoms. The van der Waals surface area contributed by atoms with E-state index in [0.717, 1.165) is 6.42 Å². The van der Waals surface area contributed by atoms with Crippen molar-refractivity contribution in [2.45, 2.75) is 40.0 Å². The lowest BCUT2D eigenvalue weighted by Crippen LogP contribution is -2.06. The Balaban J connectivity index is 2.82. The SMILES string of the molecule is CCCC(=O)Cc1ccc(OCC(C)C)c(O)c1O. The molecule has 19 heavy (non-hydrogen) atoms. The van der Waals surface area contributed by atoms with Gasteiger partial charge in [-0.05, 0) is 18.4 Å². The van der Waals surface area contributed by atoms with E-state index in [2.05, 4.69) is 0 Å². The number of phenols is 2. The van der Waals surface area contributed by atoms with Crippen molar-refractivity contribution in [2.75, 3.05) is 6.61 Å². The first-order valence-electron chi connectivity index (χ1n) is 6.64. The average Bonchev–Trinajstić information content (AvgIpc) is 2.34. The van der Waals surface area contributed by atoms with E-state index < -0.39 is 0 Å². The number of hydrogen-bond donors (Lipinski definition) is 2. The molecule has 0 aliphatic rings. The molecule has 106 valence electrons. The van der Waals surface area contributed by atoms with E-state index in [1.807, 2.05) is 20.8 Å². The summed E-state index contributed by atoms with van der Waals surface area (Å²) in [6, 6.07) is 3.21. The van der Waals surface area contributed by atoms with Gasteiger partial charge in [-0.3, -0.25) is 4.79 Å². The van der Waals surface area contributed by atoms with Gasteiger partial charge in [-0.25, -0.2) is 0 Å². The number of carbonyl (C=O) groups excluding carboxylic acids is 1. The zero-order valence-electron chi connectivity index (χ0n) is 11.8. The first-order valence-corrected chi connectivity index (χ1v) is 6.64. The summed E-state index contributed by atoms with van der Waals surface area (Å²) in [5.74, 6) is 0.0754. The topological polar surface area (TPSA) is 66.8 Å². The van der Waals surface area contributed by atoms with Crippen LogP contribution in [0.2, 0.25) is 0 Å². The zero-order chi connectivity index (χ0) is 14.4. The molecular formula is C15H22O4. The number of carbonyl (C=O) groups is 1. The molecular weight excluding hydrogens is 244 g/mol. The highest BCUT2D eigenvalue weighted by atomic mass is 16.5. The minimum atomic E-state index is -0.289. The number of aromatic hydroxyl groups is 2. The number of ketones is 1. The molecule has 4 nitrogen and oxygen atoms in total. The minimum Gasteiger partial charge on any atom is -0.504 e. The summed E-state index contributed by atoms with van der Waals surface area (Å²) in [7, 11) is 0. The van der Waals surface area contributed by atoms with Gasteiger partial charge in [-0.2, -0.15) is 0 Å². The third kappa shape index (κ3) is 4.47. The van der Waals surface area contributed by atoms with Gasteiger partial charge in [0, 0.05) is 18.4 Å². The average molecular weight is 266 g/mol. The van der Waals surface area contributed by atoms with Gasteiger partial charge in [0.1, 0.15) is 5.78 Å². The molecule has 1 rings (SSSR count). The fourth-order valence-corrected chi connectivity index (χ4v) is 1.70. The van der Waals surface area contributed by atoms with E-state index in [-0.39, 0.29) is 29.5 Å². The Morgan fingerprint density at radius 2 is 1.95 bits per heavy atom. The van der Waals surface area contributed by atoms with E-state index in [1.165, 1.54) is 0 Å². The van der Waals surface area contributed by atoms with Crippen molar-refractivity contribution in [3.05, 3.63) is 17.7 Å². The maximum atomic E-state index is 11.6. The van der Waals surface area contributed by atoms with Gasteiger partial charge >= 0.3 is 0 Å². The third-order valence-electron chi connectivity index (χ3n) is 2.69. The molecule has 0 spiro atoms. The number of phenolic OH excluding ortho intramolecular Hbond substituents is 2. The Bertz CT molecular complexity index is 438. The molecule has 0 aliphatic heterocycles. The lowest BCUT2D eigenvalue weighted by atomic mass is 10.0. The van der Waals surface area contributed by atoms with Crippen LogP contribution in [0.3, 0.4) is 0 Å². The molecule has 0 fully saturated rings. The number of ether oxygens (including phenoxy) is 1. The third-order valence-corrected chi connectivity index (χ3v) is 2.69. The van der Waals surface area contributed by atoms with Crippen LogP contribution >= 0.6 is 0 Å². The smallest absolute Gasteiger partial charge is 0.200 e. The second-order valence-corrected chi connectivity index (χ2v) is 5.09. The highest BCUT2D eigenvalue weighted by molar-refractivity contribution is 5.82. The summed E-state index contributed by atoms with van der Waals surface area (Å²) in [6.45, 7) is 6.38. The summed E-state index contributed by atoms with van der Waals surface area (Å²) in [4.78, 5) is 11.6. The molecule has 1 aromatic carbocycles. The lowest BCUT2D eigenvalue weighted by Gasteiger charge is -2.13. The van der Waals surface area contributed by atoms with Gasteiger partial charge < -0.3 is 14.9 Å². The van der Waals surface area contributed by atoms with Crippen molar-refractivity contribution in [2.24, 2.45) is 5.92 Å². The molecule has 1 aromatic rings. The monoisotopic (exact) mass is 266 g/mol. The molecule has 0 unspecified atom stereocenters. The Kier molecular flexibility index (Phi) is 5.67. The van der Waals surface area contributed by atoms with Crippen LogP contribution in [0.4, 0.5) is 0 Å². The predicted octanol–water partition coefficient (Wildman–Crippen LogP) is 3.04. The van der Waals surface area contributed by atoms with E-state index >= 15 is 0 Å². The van der Waals surface area contributed by atoms with E-state index in [1.54, 1.807) is 12.1 Å². The van der Waals surface area contributed by atoms with Crippen LogP contribution in [0.25, 0.3) is 0 Å². The molecule has 0 radical (unpaired) electrons. The summed E-state index contributed by atoms with van der Waals surface area (Å²) in [5.41, 5.74) is 0.438. The molecule has 2 N–H and O–H groups in total. The van der Waals surface area contributed by atoms with Gasteiger partial charge in [0.25, 0.3) is 0 Å². The Morgan fingerprint density at radius 3 is 2.53 bits per heavy atom. The van der Waals surface area contributed by atoms with Gasteiger partial charge in [-0.15, -0.1) is 0 Å². The second kappa shape index (κ2) is 7.02. The van der Waals surface area contributed by atoms with Crippen molar-refractivity contribution in [3.8, 4) is 17.2 Å². The summed E-state index contributed by atoms with van der Waals surface area (Å²) >= 11 is 0. The Hall–Kier alpha value is -1.71. The number of benzene rings is 1. The largest absolute Gasteiger partial charge is 0.504 e.